The number of carbonyl (C=O) groups is 1. The summed E-state index contributed by atoms with van der Waals surface area (Å²) in [6.45, 7) is 1.62. The summed E-state index contributed by atoms with van der Waals surface area (Å²) in [7, 11) is -0.190. The first kappa shape index (κ1) is 20.9. The van der Waals surface area contributed by atoms with Crippen molar-refractivity contribution in [3.63, 3.8) is 0 Å². The minimum atomic E-state index is -3.92. The maximum absolute atomic E-state index is 14.1. The van der Waals surface area contributed by atoms with Gasteiger partial charge in [-0.3, -0.25) is 4.79 Å². The van der Waals surface area contributed by atoms with Gasteiger partial charge in [-0.05, 0) is 67.4 Å². The van der Waals surface area contributed by atoms with E-state index >= 15 is 0 Å². The molecule has 0 saturated heterocycles. The molecule has 32 heavy (non-hydrogen) atoms. The second-order valence-corrected chi connectivity index (χ2v) is 10.3. The van der Waals surface area contributed by atoms with Gasteiger partial charge < -0.3 is 9.80 Å². The predicted octanol–water partition coefficient (Wildman–Crippen LogP) is 3.65. The molecule has 0 spiro atoms. The third kappa shape index (κ3) is 3.34. The lowest BCUT2D eigenvalue weighted by molar-refractivity contribution is -0.118. The zero-order chi connectivity index (χ0) is 22.6. The number of rotatable bonds is 3. The van der Waals surface area contributed by atoms with Crippen molar-refractivity contribution < 1.29 is 17.6 Å². The summed E-state index contributed by atoms with van der Waals surface area (Å²) in [5, 5.41) is 0.590. The van der Waals surface area contributed by atoms with Crippen LogP contribution in [0.1, 0.15) is 24.0 Å². The Labute approximate surface area is 186 Å². The van der Waals surface area contributed by atoms with Crippen molar-refractivity contribution in [2.75, 3.05) is 32.1 Å². The van der Waals surface area contributed by atoms with E-state index in [4.69, 9.17) is 0 Å². The van der Waals surface area contributed by atoms with E-state index in [9.17, 15) is 17.6 Å². The molecule has 3 heterocycles. The zero-order valence-corrected chi connectivity index (χ0v) is 18.8. The highest BCUT2D eigenvalue weighted by Gasteiger charge is 2.27. The number of anilines is 1. The fourth-order valence-electron chi connectivity index (χ4n) is 4.55. The van der Waals surface area contributed by atoms with E-state index in [1.807, 2.05) is 7.05 Å². The Morgan fingerprint density at radius 2 is 1.81 bits per heavy atom. The van der Waals surface area contributed by atoms with Crippen LogP contribution in [0.15, 0.2) is 53.6 Å². The van der Waals surface area contributed by atoms with Gasteiger partial charge in [-0.1, -0.05) is 6.08 Å². The highest BCUT2D eigenvalue weighted by Crippen LogP contribution is 2.35. The zero-order valence-electron chi connectivity index (χ0n) is 18.0. The maximum Gasteiger partial charge on any atom is 0.268 e. The first-order valence-corrected chi connectivity index (χ1v) is 12.0. The minimum Gasteiger partial charge on any atom is -0.315 e. The maximum atomic E-state index is 14.1. The fourth-order valence-corrected chi connectivity index (χ4v) is 5.97. The van der Waals surface area contributed by atoms with E-state index in [0.29, 0.717) is 23.7 Å². The van der Waals surface area contributed by atoms with E-state index in [2.05, 4.69) is 11.0 Å². The van der Waals surface area contributed by atoms with E-state index in [-0.39, 0.29) is 10.8 Å². The van der Waals surface area contributed by atoms with Crippen molar-refractivity contribution in [2.45, 2.75) is 24.2 Å². The van der Waals surface area contributed by atoms with E-state index in [1.165, 1.54) is 28.2 Å². The van der Waals surface area contributed by atoms with Gasteiger partial charge in [0.05, 0.1) is 10.4 Å². The summed E-state index contributed by atoms with van der Waals surface area (Å²) < 4.78 is 42.7. The lowest BCUT2D eigenvalue weighted by Gasteiger charge is -2.26. The highest BCUT2D eigenvalue weighted by molar-refractivity contribution is 7.90. The molecule has 0 N–H and O–H groups in total. The fraction of sp³-hybridized carbons (Fsp3) is 0.292. The summed E-state index contributed by atoms with van der Waals surface area (Å²) in [5.41, 5.74) is 3.79. The van der Waals surface area contributed by atoms with Gasteiger partial charge in [0.2, 0.25) is 5.91 Å². The smallest absolute Gasteiger partial charge is 0.268 e. The molecule has 5 rings (SSSR count). The van der Waals surface area contributed by atoms with Gasteiger partial charge >= 0.3 is 0 Å². The Morgan fingerprint density at radius 3 is 2.56 bits per heavy atom. The number of halogens is 1. The number of aryl methyl sites for hydroxylation is 1. The lowest BCUT2D eigenvalue weighted by Crippen LogP contribution is -2.31. The van der Waals surface area contributed by atoms with Crippen molar-refractivity contribution in [3.8, 4) is 0 Å². The van der Waals surface area contributed by atoms with Crippen molar-refractivity contribution in [3.05, 3.63) is 65.6 Å². The van der Waals surface area contributed by atoms with Gasteiger partial charge in [-0.25, -0.2) is 16.8 Å². The number of aromatic nitrogens is 1. The molecule has 2 aliphatic heterocycles. The molecule has 1 aromatic heterocycles. The minimum absolute atomic E-state index is 0.0163. The molecule has 0 aliphatic carbocycles. The highest BCUT2D eigenvalue weighted by atomic mass is 32.2. The third-order valence-electron chi connectivity index (χ3n) is 6.44. The molecule has 0 fully saturated rings. The Bertz CT molecular complexity index is 1390. The molecular weight excluding hydrogens is 429 g/mol. The molecular formula is C24H24FN3O3S. The molecule has 2 aromatic carbocycles. The molecule has 0 radical (unpaired) electrons. The molecule has 166 valence electrons. The van der Waals surface area contributed by atoms with Crippen LogP contribution >= 0.6 is 0 Å². The molecule has 2 aliphatic rings. The summed E-state index contributed by atoms with van der Waals surface area (Å²) >= 11 is 0. The standard InChI is InChI=1S/C24H24FN3O3S/c1-26-11-9-16(10-12-26)21-15-28(23-6-4-18(25)14-20(21)23)32(30,31)19-5-7-22-17(13-19)3-8-24(29)27(22)2/h4-7,9,13-15H,3,8,10-12H2,1-2H3. The number of hydrogen-bond acceptors (Lipinski definition) is 4. The average Bonchev–Trinajstić information content (AvgIpc) is 3.16. The van der Waals surface area contributed by atoms with Gasteiger partial charge in [-0.2, -0.15) is 0 Å². The van der Waals surface area contributed by atoms with Crippen LogP contribution in [0, 0.1) is 5.82 Å². The third-order valence-corrected chi connectivity index (χ3v) is 8.11. The molecule has 6 nitrogen and oxygen atoms in total. The number of amides is 1. The molecule has 1 amide bonds. The van der Waals surface area contributed by atoms with Crippen LogP contribution in [0.2, 0.25) is 0 Å². The Balaban J connectivity index is 1.65. The molecule has 0 bridgehead atoms. The van der Waals surface area contributed by atoms with E-state index in [0.717, 1.165) is 41.9 Å². The van der Waals surface area contributed by atoms with Crippen LogP contribution < -0.4 is 4.90 Å². The van der Waals surface area contributed by atoms with Crippen LogP contribution in [0.25, 0.3) is 16.5 Å². The van der Waals surface area contributed by atoms with Gasteiger partial charge in [0.15, 0.2) is 0 Å². The van der Waals surface area contributed by atoms with Gasteiger partial charge in [0.25, 0.3) is 10.0 Å². The van der Waals surface area contributed by atoms with E-state index in [1.54, 1.807) is 30.3 Å². The lowest BCUT2D eigenvalue weighted by atomic mass is 9.99. The first-order valence-electron chi connectivity index (χ1n) is 10.6. The second-order valence-electron chi connectivity index (χ2n) is 8.49. The molecule has 0 atom stereocenters. The van der Waals surface area contributed by atoms with Gasteiger partial charge in [-0.15, -0.1) is 0 Å². The molecule has 0 saturated carbocycles. The molecule has 3 aromatic rings. The predicted molar refractivity (Wildman–Crippen MR) is 123 cm³/mol. The SMILES string of the molecule is CN1CC=C(c2cn(S(=O)(=O)c3ccc4c(c3)CCC(=O)N4C)c3ccc(F)cc23)CC1. The molecule has 0 unspecified atom stereocenters. The number of likely N-dealkylation sites (N-methyl/N-ethyl adjacent to an activating group) is 1. The summed E-state index contributed by atoms with van der Waals surface area (Å²) in [6.07, 6.45) is 5.32. The van der Waals surface area contributed by atoms with Crippen LogP contribution in [0.4, 0.5) is 10.1 Å². The first-order chi connectivity index (χ1) is 15.3. The monoisotopic (exact) mass is 453 g/mol. The van der Waals surface area contributed by atoms with Crippen LogP contribution in [0.5, 0.6) is 0 Å². The largest absolute Gasteiger partial charge is 0.315 e. The Morgan fingerprint density at radius 1 is 1.00 bits per heavy atom. The Hall–Kier alpha value is -2.97. The van der Waals surface area contributed by atoms with Crippen LogP contribution in [-0.2, 0) is 21.2 Å². The van der Waals surface area contributed by atoms with Crippen LogP contribution in [0.3, 0.4) is 0 Å². The molecule has 8 heteroatoms. The number of benzene rings is 2. The summed E-state index contributed by atoms with van der Waals surface area (Å²) in [4.78, 5) is 15.9. The normalized spacial score (nSPS) is 17.5. The van der Waals surface area contributed by atoms with Gasteiger partial charge in [0, 0.05) is 49.4 Å². The van der Waals surface area contributed by atoms with Crippen LogP contribution in [-0.4, -0.2) is 50.4 Å². The van der Waals surface area contributed by atoms with Crippen molar-refractivity contribution in [1.82, 2.24) is 8.87 Å². The second kappa shape index (κ2) is 7.56. The summed E-state index contributed by atoms with van der Waals surface area (Å²) in [6, 6.07) is 9.08. The van der Waals surface area contributed by atoms with Crippen molar-refractivity contribution in [1.29, 1.82) is 0 Å². The van der Waals surface area contributed by atoms with Crippen molar-refractivity contribution >= 4 is 38.1 Å². The number of nitrogens with zero attached hydrogens (tertiary/aromatic N) is 3. The quantitative estimate of drug-likeness (QED) is 0.608. The topological polar surface area (TPSA) is 62.6 Å². The number of carbonyl (C=O) groups excluding carboxylic acids is 1. The Kier molecular flexibility index (Phi) is 4.94. The average molecular weight is 454 g/mol. The van der Waals surface area contributed by atoms with E-state index < -0.39 is 15.8 Å². The summed E-state index contributed by atoms with van der Waals surface area (Å²) in [5.74, 6) is -0.383. The van der Waals surface area contributed by atoms with Gasteiger partial charge in [0.1, 0.15) is 5.82 Å². The van der Waals surface area contributed by atoms with Crippen molar-refractivity contribution in [2.24, 2.45) is 0 Å². The number of hydrogen-bond donors (Lipinski definition) is 0. The number of fused-ring (bicyclic) bond motifs is 2.